The van der Waals surface area contributed by atoms with Crippen LogP contribution in [0.3, 0.4) is 0 Å². The maximum atomic E-state index is 13.4. The van der Waals surface area contributed by atoms with E-state index < -0.39 is 17.6 Å². The van der Waals surface area contributed by atoms with Gasteiger partial charge in [0.05, 0.1) is 17.4 Å². The molecule has 9 heteroatoms. The molecule has 118 valence electrons. The molecule has 0 aliphatic carbocycles. The zero-order valence-corrected chi connectivity index (χ0v) is 13.1. The van der Waals surface area contributed by atoms with E-state index in [2.05, 4.69) is 10.9 Å². The third-order valence-electron chi connectivity index (χ3n) is 2.70. The molecule has 0 radical (unpaired) electrons. The second-order valence-corrected chi connectivity index (χ2v) is 6.36. The van der Waals surface area contributed by atoms with Crippen LogP contribution in [0.2, 0.25) is 0 Å². The lowest BCUT2D eigenvalue weighted by molar-refractivity contribution is -0.133. The molecule has 0 bridgehead atoms. The van der Waals surface area contributed by atoms with E-state index in [1.165, 1.54) is 22.7 Å². The van der Waals surface area contributed by atoms with E-state index >= 15 is 0 Å². The Bertz CT molecular complexity index is 585. The molecule has 0 saturated carbocycles. The maximum absolute atomic E-state index is 13.4. The molecular weight excluding hydrogens is 329 g/mol. The minimum absolute atomic E-state index is 0.0281. The van der Waals surface area contributed by atoms with E-state index in [0.29, 0.717) is 16.5 Å². The predicted octanol–water partition coefficient (Wildman–Crippen LogP) is 0.598. The van der Waals surface area contributed by atoms with Crippen LogP contribution in [-0.2, 0) is 14.4 Å². The first-order valence-corrected chi connectivity index (χ1v) is 8.51. The summed E-state index contributed by atoms with van der Waals surface area (Å²) in [5, 5.41) is 0. The molecule has 0 atom stereocenters. The summed E-state index contributed by atoms with van der Waals surface area (Å²) in [6.07, 6.45) is 0. The van der Waals surface area contributed by atoms with Gasteiger partial charge in [0.2, 0.25) is 11.8 Å². The van der Waals surface area contributed by atoms with Crippen molar-refractivity contribution in [2.75, 3.05) is 23.9 Å². The Kier molecular flexibility index (Phi) is 6.08. The normalized spacial score (nSPS) is 14.0. The van der Waals surface area contributed by atoms with Gasteiger partial charge in [0.15, 0.2) is 0 Å². The predicted molar refractivity (Wildman–Crippen MR) is 82.4 cm³/mol. The zero-order chi connectivity index (χ0) is 15.9. The van der Waals surface area contributed by atoms with Gasteiger partial charge in [-0.15, -0.1) is 23.5 Å². The first-order valence-electron chi connectivity index (χ1n) is 6.37. The van der Waals surface area contributed by atoms with Gasteiger partial charge in [-0.1, -0.05) is 12.1 Å². The lowest BCUT2D eigenvalue weighted by atomic mass is 10.3. The smallest absolute Gasteiger partial charge is 0.258 e. The molecule has 1 aliphatic heterocycles. The van der Waals surface area contributed by atoms with Crippen molar-refractivity contribution in [1.82, 2.24) is 15.8 Å². The van der Waals surface area contributed by atoms with Gasteiger partial charge in [-0.25, -0.2) is 4.39 Å². The van der Waals surface area contributed by atoms with Crippen molar-refractivity contribution in [3.63, 3.8) is 0 Å². The second-order valence-electron chi connectivity index (χ2n) is 4.38. The average Bonchev–Trinajstić information content (AvgIpc) is 2.89. The molecule has 1 heterocycles. The number of halogens is 1. The fraction of sp³-hybridized carbons (Fsp3) is 0.308. The molecule has 1 saturated heterocycles. The van der Waals surface area contributed by atoms with Crippen molar-refractivity contribution in [2.45, 2.75) is 4.90 Å². The van der Waals surface area contributed by atoms with E-state index in [0.717, 1.165) is 11.8 Å². The summed E-state index contributed by atoms with van der Waals surface area (Å²) in [5.74, 6) is -0.595. The topological polar surface area (TPSA) is 78.5 Å². The van der Waals surface area contributed by atoms with Crippen molar-refractivity contribution in [1.29, 1.82) is 0 Å². The minimum atomic E-state index is -0.472. The highest BCUT2D eigenvalue weighted by Gasteiger charge is 2.22. The second kappa shape index (κ2) is 8.04. The molecule has 2 rings (SSSR count). The quantitative estimate of drug-likeness (QED) is 0.605. The van der Waals surface area contributed by atoms with Gasteiger partial charge in [0, 0.05) is 4.90 Å². The van der Waals surface area contributed by atoms with Crippen LogP contribution in [0.5, 0.6) is 0 Å². The number of hydrogen-bond acceptors (Lipinski definition) is 5. The number of hydrazine groups is 1. The Morgan fingerprint density at radius 2 is 2.00 bits per heavy atom. The molecule has 0 spiro atoms. The fourth-order valence-corrected chi connectivity index (χ4v) is 3.28. The molecule has 1 aromatic rings. The van der Waals surface area contributed by atoms with Crippen molar-refractivity contribution < 1.29 is 18.8 Å². The highest BCUT2D eigenvalue weighted by molar-refractivity contribution is 8.00. The van der Waals surface area contributed by atoms with E-state index in [-0.39, 0.29) is 18.2 Å². The van der Waals surface area contributed by atoms with E-state index in [1.807, 2.05) is 0 Å². The molecule has 3 amide bonds. The number of benzene rings is 1. The Morgan fingerprint density at radius 3 is 2.68 bits per heavy atom. The highest BCUT2D eigenvalue weighted by Crippen LogP contribution is 2.20. The third kappa shape index (κ3) is 4.92. The number of thioether (sulfide) groups is 2. The molecule has 22 heavy (non-hydrogen) atoms. The van der Waals surface area contributed by atoms with Crippen LogP contribution in [0, 0.1) is 5.82 Å². The van der Waals surface area contributed by atoms with Crippen LogP contribution in [0.25, 0.3) is 0 Å². The number of nitrogens with one attached hydrogen (secondary N) is 2. The molecule has 0 aromatic heterocycles. The first-order chi connectivity index (χ1) is 10.6. The van der Waals surface area contributed by atoms with Crippen molar-refractivity contribution in [3.05, 3.63) is 30.1 Å². The fourth-order valence-electron chi connectivity index (χ4n) is 1.63. The summed E-state index contributed by atoms with van der Waals surface area (Å²) in [6.45, 7) is -0.0907. The Balaban J connectivity index is 1.68. The van der Waals surface area contributed by atoms with E-state index in [4.69, 9.17) is 0 Å². The van der Waals surface area contributed by atoms with Gasteiger partial charge < -0.3 is 4.90 Å². The standard InChI is InChI=1S/C13H14FN3O3S2/c14-9-3-1-2-4-10(9)22-6-12(19)16-15-11(18)5-17-8-21-7-13(17)20/h1-4H,5-8H2,(H,15,18)(H,16,19). The van der Waals surface area contributed by atoms with Crippen molar-refractivity contribution in [3.8, 4) is 0 Å². The summed E-state index contributed by atoms with van der Waals surface area (Å²) >= 11 is 2.47. The molecule has 2 N–H and O–H groups in total. The molecule has 1 aromatic carbocycles. The number of amides is 3. The Morgan fingerprint density at radius 1 is 1.27 bits per heavy atom. The van der Waals surface area contributed by atoms with Gasteiger partial charge in [-0.3, -0.25) is 25.2 Å². The van der Waals surface area contributed by atoms with Crippen molar-refractivity contribution >= 4 is 41.2 Å². The average molecular weight is 343 g/mol. The molecule has 0 unspecified atom stereocenters. The maximum Gasteiger partial charge on any atom is 0.258 e. The zero-order valence-electron chi connectivity index (χ0n) is 11.5. The Hall–Kier alpha value is -1.74. The Labute approximate surface area is 135 Å². The number of hydrogen-bond donors (Lipinski definition) is 2. The van der Waals surface area contributed by atoms with Gasteiger partial charge in [0.25, 0.3) is 5.91 Å². The summed E-state index contributed by atoms with van der Waals surface area (Å²) in [6, 6.07) is 6.13. The number of carbonyl (C=O) groups excluding carboxylic acids is 3. The van der Waals surface area contributed by atoms with Crippen LogP contribution < -0.4 is 10.9 Å². The third-order valence-corrected chi connectivity index (χ3v) is 4.69. The van der Waals surface area contributed by atoms with Crippen LogP contribution >= 0.6 is 23.5 Å². The molecular formula is C13H14FN3O3S2. The number of nitrogens with zero attached hydrogens (tertiary/aromatic N) is 1. The summed E-state index contributed by atoms with van der Waals surface area (Å²) < 4.78 is 13.4. The summed E-state index contributed by atoms with van der Waals surface area (Å²) in [7, 11) is 0. The summed E-state index contributed by atoms with van der Waals surface area (Å²) in [4.78, 5) is 36.3. The first kappa shape index (κ1) is 16.6. The van der Waals surface area contributed by atoms with Gasteiger partial charge in [-0.05, 0) is 12.1 Å². The number of rotatable bonds is 5. The van der Waals surface area contributed by atoms with Crippen LogP contribution in [0.4, 0.5) is 4.39 Å². The molecule has 6 nitrogen and oxygen atoms in total. The van der Waals surface area contributed by atoms with Crippen molar-refractivity contribution in [2.24, 2.45) is 0 Å². The van der Waals surface area contributed by atoms with Crippen LogP contribution in [-0.4, -0.2) is 46.5 Å². The van der Waals surface area contributed by atoms with E-state index in [9.17, 15) is 18.8 Å². The largest absolute Gasteiger partial charge is 0.323 e. The lowest BCUT2D eigenvalue weighted by Gasteiger charge is -2.14. The van der Waals surface area contributed by atoms with Gasteiger partial charge in [-0.2, -0.15) is 0 Å². The van der Waals surface area contributed by atoms with Gasteiger partial charge >= 0.3 is 0 Å². The SMILES string of the molecule is O=C(CSc1ccccc1F)NNC(=O)CN1CSCC1=O. The summed E-state index contributed by atoms with van der Waals surface area (Å²) in [5.41, 5.74) is 4.47. The van der Waals surface area contributed by atoms with Crippen LogP contribution in [0.1, 0.15) is 0 Å². The minimum Gasteiger partial charge on any atom is -0.323 e. The highest BCUT2D eigenvalue weighted by atomic mass is 32.2. The van der Waals surface area contributed by atoms with Gasteiger partial charge in [0.1, 0.15) is 12.4 Å². The lowest BCUT2D eigenvalue weighted by Crippen LogP contribution is -2.47. The van der Waals surface area contributed by atoms with Crippen LogP contribution in [0.15, 0.2) is 29.2 Å². The molecule has 1 aliphatic rings. The number of carbonyl (C=O) groups is 3. The monoisotopic (exact) mass is 343 g/mol. The van der Waals surface area contributed by atoms with E-state index in [1.54, 1.807) is 18.2 Å². The molecule has 1 fully saturated rings.